The SMILES string of the molecule is O=C(Nc1cccnc1N1CCCCC1)c1ccc(F)cc1Br. The van der Waals surface area contributed by atoms with Gasteiger partial charge in [0.25, 0.3) is 5.91 Å². The molecule has 0 atom stereocenters. The molecule has 6 heteroatoms. The highest BCUT2D eigenvalue weighted by Gasteiger charge is 2.18. The van der Waals surface area contributed by atoms with E-state index in [4.69, 9.17) is 0 Å². The molecule has 2 aromatic rings. The molecular weight excluding hydrogens is 361 g/mol. The number of rotatable bonds is 3. The third kappa shape index (κ3) is 3.69. The van der Waals surface area contributed by atoms with E-state index in [1.165, 1.54) is 24.6 Å². The number of amides is 1. The number of carbonyl (C=O) groups is 1. The first kappa shape index (κ1) is 15.9. The second-order valence-corrected chi connectivity index (χ2v) is 6.35. The van der Waals surface area contributed by atoms with Crippen molar-refractivity contribution in [3.63, 3.8) is 0 Å². The Bertz CT molecular complexity index is 717. The maximum atomic E-state index is 13.2. The lowest BCUT2D eigenvalue weighted by molar-refractivity contribution is 0.102. The maximum absolute atomic E-state index is 13.2. The summed E-state index contributed by atoms with van der Waals surface area (Å²) in [7, 11) is 0. The minimum atomic E-state index is -0.385. The summed E-state index contributed by atoms with van der Waals surface area (Å²) in [4.78, 5) is 19.1. The molecule has 2 heterocycles. The Morgan fingerprint density at radius 3 is 2.74 bits per heavy atom. The third-order valence-electron chi connectivity index (χ3n) is 3.87. The number of benzene rings is 1. The van der Waals surface area contributed by atoms with Gasteiger partial charge in [0.1, 0.15) is 5.82 Å². The van der Waals surface area contributed by atoms with Crippen LogP contribution in [0.15, 0.2) is 41.0 Å². The molecule has 1 saturated heterocycles. The number of piperidine rings is 1. The van der Waals surface area contributed by atoms with E-state index in [1.807, 2.05) is 6.07 Å². The van der Waals surface area contributed by atoms with E-state index in [9.17, 15) is 9.18 Å². The van der Waals surface area contributed by atoms with Gasteiger partial charge in [0.05, 0.1) is 11.3 Å². The molecule has 1 N–H and O–H groups in total. The fourth-order valence-electron chi connectivity index (χ4n) is 2.72. The lowest BCUT2D eigenvalue weighted by atomic mass is 10.1. The molecule has 23 heavy (non-hydrogen) atoms. The zero-order chi connectivity index (χ0) is 16.2. The molecule has 0 unspecified atom stereocenters. The number of nitrogens with one attached hydrogen (secondary N) is 1. The minimum absolute atomic E-state index is 0.289. The molecule has 1 aliphatic heterocycles. The number of pyridine rings is 1. The lowest BCUT2D eigenvalue weighted by Gasteiger charge is -2.29. The average molecular weight is 378 g/mol. The predicted molar refractivity (Wildman–Crippen MR) is 92.4 cm³/mol. The van der Waals surface area contributed by atoms with Crippen LogP contribution in [-0.4, -0.2) is 24.0 Å². The van der Waals surface area contributed by atoms with Crippen LogP contribution >= 0.6 is 15.9 Å². The van der Waals surface area contributed by atoms with Crippen molar-refractivity contribution in [1.29, 1.82) is 0 Å². The standard InChI is InChI=1S/C17H17BrFN3O/c18-14-11-12(19)6-7-13(14)17(23)21-15-5-4-8-20-16(15)22-9-2-1-3-10-22/h4-8,11H,1-3,9-10H2,(H,21,23). The fourth-order valence-corrected chi connectivity index (χ4v) is 3.25. The summed E-state index contributed by atoms with van der Waals surface area (Å²) < 4.78 is 13.6. The number of halogens is 2. The van der Waals surface area contributed by atoms with Gasteiger partial charge < -0.3 is 10.2 Å². The Morgan fingerprint density at radius 1 is 1.22 bits per heavy atom. The van der Waals surface area contributed by atoms with Crippen LogP contribution in [0, 0.1) is 5.82 Å². The van der Waals surface area contributed by atoms with Crippen LogP contribution in [0.25, 0.3) is 0 Å². The second kappa shape index (κ2) is 7.08. The topological polar surface area (TPSA) is 45.2 Å². The van der Waals surface area contributed by atoms with Gasteiger partial charge in [-0.2, -0.15) is 0 Å². The van der Waals surface area contributed by atoms with E-state index in [0.717, 1.165) is 31.7 Å². The van der Waals surface area contributed by atoms with Crippen molar-refractivity contribution in [2.24, 2.45) is 0 Å². The Labute approximate surface area is 142 Å². The van der Waals surface area contributed by atoms with E-state index in [-0.39, 0.29) is 11.7 Å². The van der Waals surface area contributed by atoms with Crippen LogP contribution in [0.5, 0.6) is 0 Å². The Kier molecular flexibility index (Phi) is 4.91. The first-order valence-corrected chi connectivity index (χ1v) is 8.41. The highest BCUT2D eigenvalue weighted by molar-refractivity contribution is 9.10. The first-order valence-electron chi connectivity index (χ1n) is 7.61. The highest BCUT2D eigenvalue weighted by Crippen LogP contribution is 2.27. The van der Waals surface area contributed by atoms with Crippen molar-refractivity contribution in [2.45, 2.75) is 19.3 Å². The van der Waals surface area contributed by atoms with Gasteiger partial charge >= 0.3 is 0 Å². The van der Waals surface area contributed by atoms with Gasteiger partial charge in [0.15, 0.2) is 5.82 Å². The molecule has 0 radical (unpaired) electrons. The van der Waals surface area contributed by atoms with Crippen molar-refractivity contribution in [2.75, 3.05) is 23.3 Å². The normalized spacial score (nSPS) is 14.6. The number of anilines is 2. The van der Waals surface area contributed by atoms with E-state index in [0.29, 0.717) is 15.7 Å². The highest BCUT2D eigenvalue weighted by atomic mass is 79.9. The van der Waals surface area contributed by atoms with Crippen LogP contribution < -0.4 is 10.2 Å². The number of hydrogen-bond donors (Lipinski definition) is 1. The summed E-state index contributed by atoms with van der Waals surface area (Å²) in [5.41, 5.74) is 1.07. The predicted octanol–water partition coefficient (Wildman–Crippen LogP) is 4.23. The van der Waals surface area contributed by atoms with E-state index in [2.05, 4.69) is 31.1 Å². The summed E-state index contributed by atoms with van der Waals surface area (Å²) in [6.45, 7) is 1.89. The van der Waals surface area contributed by atoms with Gasteiger partial charge in [-0.15, -0.1) is 0 Å². The van der Waals surface area contributed by atoms with Crippen LogP contribution in [0.4, 0.5) is 15.9 Å². The van der Waals surface area contributed by atoms with E-state index < -0.39 is 0 Å². The Hall–Kier alpha value is -1.95. The van der Waals surface area contributed by atoms with Gasteiger partial charge in [-0.1, -0.05) is 0 Å². The number of carbonyl (C=O) groups excluding carboxylic acids is 1. The van der Waals surface area contributed by atoms with Crippen LogP contribution in [0.2, 0.25) is 0 Å². The molecule has 0 spiro atoms. The van der Waals surface area contributed by atoms with Crippen molar-refractivity contribution < 1.29 is 9.18 Å². The number of aromatic nitrogens is 1. The lowest BCUT2D eigenvalue weighted by Crippen LogP contribution is -2.31. The van der Waals surface area contributed by atoms with Crippen molar-refractivity contribution in [3.05, 3.63) is 52.4 Å². The largest absolute Gasteiger partial charge is 0.355 e. The zero-order valence-corrected chi connectivity index (χ0v) is 14.1. The van der Waals surface area contributed by atoms with E-state index >= 15 is 0 Å². The smallest absolute Gasteiger partial charge is 0.256 e. The summed E-state index contributed by atoms with van der Waals surface area (Å²) in [5, 5.41) is 2.89. The Morgan fingerprint density at radius 2 is 2.00 bits per heavy atom. The molecule has 3 rings (SSSR count). The molecular formula is C17H17BrFN3O. The van der Waals surface area contributed by atoms with Crippen LogP contribution in [-0.2, 0) is 0 Å². The van der Waals surface area contributed by atoms with Crippen molar-refractivity contribution in [1.82, 2.24) is 4.98 Å². The van der Waals surface area contributed by atoms with Crippen molar-refractivity contribution >= 4 is 33.3 Å². The molecule has 1 amide bonds. The second-order valence-electron chi connectivity index (χ2n) is 5.50. The molecule has 0 bridgehead atoms. The molecule has 120 valence electrons. The maximum Gasteiger partial charge on any atom is 0.256 e. The molecule has 0 saturated carbocycles. The van der Waals surface area contributed by atoms with Gasteiger partial charge in [-0.25, -0.2) is 9.37 Å². The summed E-state index contributed by atoms with van der Waals surface area (Å²) in [6, 6.07) is 7.65. The first-order chi connectivity index (χ1) is 11.1. The molecule has 1 aromatic heterocycles. The minimum Gasteiger partial charge on any atom is -0.355 e. The van der Waals surface area contributed by atoms with Crippen molar-refractivity contribution in [3.8, 4) is 0 Å². The quantitative estimate of drug-likeness (QED) is 0.870. The summed E-state index contributed by atoms with van der Waals surface area (Å²) in [5.74, 6) is 0.116. The molecule has 1 aromatic carbocycles. The van der Waals surface area contributed by atoms with Gasteiger partial charge in [-0.05, 0) is 65.5 Å². The average Bonchev–Trinajstić information content (AvgIpc) is 2.56. The summed E-state index contributed by atoms with van der Waals surface area (Å²) >= 11 is 3.23. The van der Waals surface area contributed by atoms with Crippen LogP contribution in [0.1, 0.15) is 29.6 Å². The van der Waals surface area contributed by atoms with Gasteiger partial charge in [-0.3, -0.25) is 4.79 Å². The van der Waals surface area contributed by atoms with Gasteiger partial charge in [0, 0.05) is 23.8 Å². The monoisotopic (exact) mass is 377 g/mol. The fraction of sp³-hybridized carbons (Fsp3) is 0.294. The zero-order valence-electron chi connectivity index (χ0n) is 12.6. The third-order valence-corrected chi connectivity index (χ3v) is 4.52. The molecule has 4 nitrogen and oxygen atoms in total. The van der Waals surface area contributed by atoms with Crippen LogP contribution in [0.3, 0.4) is 0 Å². The molecule has 1 aliphatic rings. The Balaban J connectivity index is 1.83. The number of hydrogen-bond acceptors (Lipinski definition) is 3. The van der Waals surface area contributed by atoms with Gasteiger partial charge in [0.2, 0.25) is 0 Å². The molecule has 1 fully saturated rings. The molecule has 0 aliphatic carbocycles. The van der Waals surface area contributed by atoms with E-state index in [1.54, 1.807) is 12.3 Å². The summed E-state index contributed by atoms with van der Waals surface area (Å²) in [6.07, 6.45) is 5.22. The number of nitrogens with zero attached hydrogens (tertiary/aromatic N) is 2.